The van der Waals surface area contributed by atoms with E-state index in [1.165, 1.54) is 5.56 Å². The van der Waals surface area contributed by atoms with Crippen LogP contribution in [0.25, 0.3) is 0 Å². The molecule has 2 N–H and O–H groups in total. The SMILES string of the molecule is Cc1ccc([C@@H](C)NC(=O)N2CCC3(CC2)C(=O)NC3c2ccccn2)cc1. The van der Waals surface area contributed by atoms with E-state index in [1.54, 1.807) is 6.20 Å². The van der Waals surface area contributed by atoms with E-state index in [1.807, 2.05) is 49.1 Å². The molecule has 1 aromatic heterocycles. The number of aromatic nitrogens is 1. The zero-order chi connectivity index (χ0) is 19.7. The summed E-state index contributed by atoms with van der Waals surface area (Å²) in [5.41, 5.74) is 2.74. The summed E-state index contributed by atoms with van der Waals surface area (Å²) in [7, 11) is 0. The second-order valence-corrected chi connectivity index (χ2v) is 7.89. The van der Waals surface area contributed by atoms with Gasteiger partial charge in [0.05, 0.1) is 23.2 Å². The number of carbonyl (C=O) groups is 2. The van der Waals surface area contributed by atoms with Crippen LogP contribution in [0.1, 0.15) is 48.7 Å². The molecule has 6 nitrogen and oxygen atoms in total. The minimum absolute atomic E-state index is 0.0575. The van der Waals surface area contributed by atoms with Gasteiger partial charge in [0, 0.05) is 19.3 Å². The van der Waals surface area contributed by atoms with Crippen molar-refractivity contribution in [3.05, 3.63) is 65.5 Å². The first-order valence-corrected chi connectivity index (χ1v) is 9.83. The first-order chi connectivity index (χ1) is 13.5. The molecule has 2 fully saturated rings. The predicted octanol–water partition coefficient (Wildman–Crippen LogP) is 3.11. The largest absolute Gasteiger partial charge is 0.346 e. The quantitative estimate of drug-likeness (QED) is 0.806. The Hall–Kier alpha value is -2.89. The van der Waals surface area contributed by atoms with Crippen molar-refractivity contribution in [2.24, 2.45) is 5.41 Å². The molecule has 1 aromatic carbocycles. The van der Waals surface area contributed by atoms with Crippen LogP contribution in [0.4, 0.5) is 4.79 Å². The highest BCUT2D eigenvalue weighted by atomic mass is 16.2. The lowest BCUT2D eigenvalue weighted by Crippen LogP contribution is -2.65. The number of nitrogens with zero attached hydrogens (tertiary/aromatic N) is 2. The zero-order valence-corrected chi connectivity index (χ0v) is 16.3. The average molecular weight is 378 g/mol. The summed E-state index contributed by atoms with van der Waals surface area (Å²) in [4.78, 5) is 31.3. The van der Waals surface area contributed by atoms with Crippen molar-refractivity contribution in [1.29, 1.82) is 0 Å². The van der Waals surface area contributed by atoms with Crippen molar-refractivity contribution in [2.45, 2.75) is 38.8 Å². The second kappa shape index (κ2) is 7.26. The van der Waals surface area contributed by atoms with E-state index in [-0.39, 0.29) is 24.0 Å². The van der Waals surface area contributed by atoms with E-state index in [0.29, 0.717) is 25.9 Å². The third-order valence-electron chi connectivity index (χ3n) is 6.12. The number of nitrogens with one attached hydrogen (secondary N) is 2. The van der Waals surface area contributed by atoms with Gasteiger partial charge in [-0.3, -0.25) is 9.78 Å². The molecule has 0 bridgehead atoms. The third kappa shape index (κ3) is 3.23. The van der Waals surface area contributed by atoms with Gasteiger partial charge in [0.15, 0.2) is 0 Å². The first-order valence-electron chi connectivity index (χ1n) is 9.83. The Bertz CT molecular complexity index is 858. The lowest BCUT2D eigenvalue weighted by atomic mass is 9.65. The van der Waals surface area contributed by atoms with Gasteiger partial charge in [-0.05, 0) is 44.4 Å². The Labute approximate surface area is 165 Å². The summed E-state index contributed by atoms with van der Waals surface area (Å²) in [6.45, 7) is 5.18. The maximum absolute atomic E-state index is 12.7. The molecule has 2 atom stereocenters. The van der Waals surface area contributed by atoms with Gasteiger partial charge in [0.1, 0.15) is 0 Å². The lowest BCUT2D eigenvalue weighted by Gasteiger charge is -2.52. The molecule has 4 rings (SSSR count). The average Bonchev–Trinajstić information content (AvgIpc) is 2.73. The Kier molecular flexibility index (Phi) is 4.79. The third-order valence-corrected chi connectivity index (χ3v) is 6.12. The van der Waals surface area contributed by atoms with Crippen LogP contribution >= 0.6 is 0 Å². The topological polar surface area (TPSA) is 74.3 Å². The molecular formula is C22H26N4O2. The fourth-order valence-electron chi connectivity index (χ4n) is 4.21. The van der Waals surface area contributed by atoms with Gasteiger partial charge in [0.2, 0.25) is 5.91 Å². The fourth-order valence-corrected chi connectivity index (χ4v) is 4.21. The molecule has 146 valence electrons. The molecule has 0 radical (unpaired) electrons. The van der Waals surface area contributed by atoms with Crippen LogP contribution in [0.3, 0.4) is 0 Å². The Morgan fingerprint density at radius 2 is 1.93 bits per heavy atom. The van der Waals surface area contributed by atoms with Crippen molar-refractivity contribution in [2.75, 3.05) is 13.1 Å². The summed E-state index contributed by atoms with van der Waals surface area (Å²) in [5.74, 6) is 0.0798. The molecular weight excluding hydrogens is 352 g/mol. The lowest BCUT2D eigenvalue weighted by molar-refractivity contribution is -0.151. The molecule has 2 saturated heterocycles. The van der Waals surface area contributed by atoms with Crippen LogP contribution < -0.4 is 10.6 Å². The summed E-state index contributed by atoms with van der Waals surface area (Å²) < 4.78 is 0. The molecule has 28 heavy (non-hydrogen) atoms. The maximum Gasteiger partial charge on any atom is 0.317 e. The van der Waals surface area contributed by atoms with E-state index >= 15 is 0 Å². The van der Waals surface area contributed by atoms with Crippen molar-refractivity contribution >= 4 is 11.9 Å². The molecule has 6 heteroatoms. The minimum Gasteiger partial charge on any atom is -0.346 e. The van der Waals surface area contributed by atoms with Gasteiger partial charge in [-0.2, -0.15) is 0 Å². The fraction of sp³-hybridized carbons (Fsp3) is 0.409. The highest BCUT2D eigenvalue weighted by molar-refractivity contribution is 5.90. The second-order valence-electron chi connectivity index (χ2n) is 7.89. The van der Waals surface area contributed by atoms with Gasteiger partial charge in [-0.25, -0.2) is 4.79 Å². The molecule has 0 aliphatic carbocycles. The van der Waals surface area contributed by atoms with E-state index in [9.17, 15) is 9.59 Å². The highest BCUT2D eigenvalue weighted by Crippen LogP contribution is 2.49. The van der Waals surface area contributed by atoms with Crippen LogP contribution in [0.5, 0.6) is 0 Å². The Balaban J connectivity index is 1.37. The van der Waals surface area contributed by atoms with Crippen molar-refractivity contribution in [1.82, 2.24) is 20.5 Å². The summed E-state index contributed by atoms with van der Waals surface area (Å²) in [6.07, 6.45) is 3.07. The number of benzene rings is 1. The number of rotatable bonds is 3. The van der Waals surface area contributed by atoms with Gasteiger partial charge < -0.3 is 15.5 Å². The molecule has 1 unspecified atom stereocenters. The van der Waals surface area contributed by atoms with Crippen LogP contribution in [0.2, 0.25) is 0 Å². The number of β-lactam (4-membered cyclic amide) rings is 1. The normalized spacial score (nSPS) is 21.6. The van der Waals surface area contributed by atoms with Gasteiger partial charge in [0.25, 0.3) is 0 Å². The van der Waals surface area contributed by atoms with E-state index < -0.39 is 5.41 Å². The van der Waals surface area contributed by atoms with E-state index in [4.69, 9.17) is 0 Å². The highest BCUT2D eigenvalue weighted by Gasteiger charge is 2.57. The van der Waals surface area contributed by atoms with Gasteiger partial charge in [-0.15, -0.1) is 0 Å². The Morgan fingerprint density at radius 3 is 2.54 bits per heavy atom. The minimum atomic E-state index is -0.437. The number of pyridine rings is 1. The number of aryl methyl sites for hydroxylation is 1. The molecule has 2 aliphatic heterocycles. The van der Waals surface area contributed by atoms with Crippen molar-refractivity contribution in [3.8, 4) is 0 Å². The van der Waals surface area contributed by atoms with Crippen LogP contribution in [0.15, 0.2) is 48.7 Å². The van der Waals surface area contributed by atoms with Crippen LogP contribution in [0, 0.1) is 12.3 Å². The summed E-state index contributed by atoms with van der Waals surface area (Å²) >= 11 is 0. The zero-order valence-electron chi connectivity index (χ0n) is 16.3. The summed E-state index contributed by atoms with van der Waals surface area (Å²) in [6, 6.07) is 13.8. The predicted molar refractivity (Wildman–Crippen MR) is 106 cm³/mol. The standard InChI is InChI=1S/C22H26N4O2/c1-15-6-8-17(9-7-15)16(2)24-21(28)26-13-10-22(11-14-26)19(25-20(22)27)18-5-3-4-12-23-18/h3-9,12,16,19H,10-11,13-14H2,1-2H3,(H,24,28)(H,25,27)/t16-,19?/m1/s1. The van der Waals surface area contributed by atoms with E-state index in [2.05, 4.69) is 27.8 Å². The monoisotopic (exact) mass is 378 g/mol. The molecule has 3 heterocycles. The van der Waals surface area contributed by atoms with Crippen molar-refractivity contribution < 1.29 is 9.59 Å². The van der Waals surface area contributed by atoms with Crippen LogP contribution in [-0.4, -0.2) is 34.9 Å². The summed E-state index contributed by atoms with van der Waals surface area (Å²) in [5, 5.41) is 6.08. The van der Waals surface area contributed by atoms with Crippen molar-refractivity contribution in [3.63, 3.8) is 0 Å². The van der Waals surface area contributed by atoms with Gasteiger partial charge >= 0.3 is 6.03 Å². The molecule has 1 spiro atoms. The van der Waals surface area contributed by atoms with Gasteiger partial charge in [-0.1, -0.05) is 35.9 Å². The van der Waals surface area contributed by atoms with Crippen LogP contribution in [-0.2, 0) is 4.79 Å². The maximum atomic E-state index is 12.7. The molecule has 3 amide bonds. The smallest absolute Gasteiger partial charge is 0.317 e. The first kappa shape index (κ1) is 18.5. The number of urea groups is 1. The number of piperidine rings is 1. The Morgan fingerprint density at radius 1 is 1.21 bits per heavy atom. The number of likely N-dealkylation sites (tertiary alicyclic amines) is 1. The number of amides is 3. The molecule has 2 aliphatic rings. The number of hydrogen-bond donors (Lipinski definition) is 2. The number of carbonyl (C=O) groups excluding carboxylic acids is 2. The molecule has 0 saturated carbocycles. The van der Waals surface area contributed by atoms with E-state index in [0.717, 1.165) is 11.3 Å². The molecule has 2 aromatic rings. The number of hydrogen-bond acceptors (Lipinski definition) is 3.